The zero-order valence-electron chi connectivity index (χ0n) is 17.1. The number of fused-ring (bicyclic) bond motifs is 1. The van der Waals surface area contributed by atoms with Crippen LogP contribution in [0.1, 0.15) is 31.7 Å². The number of nitriles is 1. The molecule has 0 N–H and O–H groups in total. The number of anilines is 1. The van der Waals surface area contributed by atoms with Gasteiger partial charge in [0, 0.05) is 4.47 Å². The number of alkyl halides is 3. The fourth-order valence-electron chi connectivity index (χ4n) is 4.44. The van der Waals surface area contributed by atoms with Crippen LogP contribution in [0.15, 0.2) is 51.8 Å². The minimum atomic E-state index is -4.66. The van der Waals surface area contributed by atoms with Gasteiger partial charge < -0.3 is 4.74 Å². The molecule has 1 aliphatic carbocycles. The SMILES string of the molecule is CC1(C#N)CC(CC2CN(S(=O)(=O)c3cccc(C(F)(F)F)c3)c3cc(Br)ccc3O2)C1. The maximum Gasteiger partial charge on any atom is 0.416 e. The first-order valence-corrected chi connectivity index (χ1v) is 12.2. The van der Waals surface area contributed by atoms with Gasteiger partial charge in [0.2, 0.25) is 0 Å². The topological polar surface area (TPSA) is 70.4 Å². The van der Waals surface area contributed by atoms with Crippen LogP contribution in [-0.4, -0.2) is 21.1 Å². The summed E-state index contributed by atoms with van der Waals surface area (Å²) >= 11 is 3.32. The molecule has 0 radical (unpaired) electrons. The Morgan fingerprint density at radius 3 is 2.62 bits per heavy atom. The van der Waals surface area contributed by atoms with Crippen molar-refractivity contribution in [3.05, 3.63) is 52.5 Å². The van der Waals surface area contributed by atoms with E-state index < -0.39 is 32.8 Å². The molecule has 1 heterocycles. The number of benzene rings is 2. The van der Waals surface area contributed by atoms with E-state index in [1.165, 1.54) is 0 Å². The molecule has 0 aromatic heterocycles. The van der Waals surface area contributed by atoms with Gasteiger partial charge in [0.1, 0.15) is 11.9 Å². The molecule has 170 valence electrons. The Kier molecular flexibility index (Phi) is 5.70. The molecule has 4 rings (SSSR count). The Hall–Kier alpha value is -2.25. The van der Waals surface area contributed by atoms with E-state index in [1.807, 2.05) is 6.92 Å². The second kappa shape index (κ2) is 7.96. The summed E-state index contributed by atoms with van der Waals surface area (Å²) in [4.78, 5) is -0.431. The summed E-state index contributed by atoms with van der Waals surface area (Å²) in [7, 11) is -4.28. The van der Waals surface area contributed by atoms with E-state index in [-0.39, 0.29) is 23.6 Å². The maximum absolute atomic E-state index is 13.4. The Balaban J connectivity index is 1.67. The number of ether oxygens (including phenoxy) is 1. The first-order chi connectivity index (χ1) is 14.9. The number of rotatable bonds is 4. The largest absolute Gasteiger partial charge is 0.486 e. The predicted octanol–water partition coefficient (Wildman–Crippen LogP) is 5.75. The first kappa shape index (κ1) is 22.9. The molecular weight excluding hydrogens is 509 g/mol. The first-order valence-electron chi connectivity index (χ1n) is 9.99. The molecule has 0 spiro atoms. The summed E-state index contributed by atoms with van der Waals surface area (Å²) in [5.41, 5.74) is -1.13. The Labute approximate surface area is 193 Å². The van der Waals surface area contributed by atoms with E-state index in [0.717, 1.165) is 22.5 Å². The van der Waals surface area contributed by atoms with Gasteiger partial charge in [-0.15, -0.1) is 0 Å². The van der Waals surface area contributed by atoms with Crippen LogP contribution in [-0.2, 0) is 16.2 Å². The quantitative estimate of drug-likeness (QED) is 0.506. The molecule has 0 saturated heterocycles. The van der Waals surface area contributed by atoms with Crippen LogP contribution >= 0.6 is 15.9 Å². The normalized spacial score (nSPS) is 25.3. The molecule has 2 aromatic carbocycles. The lowest BCUT2D eigenvalue weighted by Crippen LogP contribution is -2.46. The monoisotopic (exact) mass is 528 g/mol. The van der Waals surface area contributed by atoms with E-state index in [1.54, 1.807) is 18.2 Å². The highest BCUT2D eigenvalue weighted by molar-refractivity contribution is 9.10. The van der Waals surface area contributed by atoms with Crippen LogP contribution in [0.4, 0.5) is 18.9 Å². The second-order valence-corrected chi connectivity index (χ2v) is 11.4. The van der Waals surface area contributed by atoms with Gasteiger partial charge in [-0.1, -0.05) is 22.0 Å². The van der Waals surface area contributed by atoms with Crippen molar-refractivity contribution in [2.24, 2.45) is 11.3 Å². The summed E-state index contributed by atoms with van der Waals surface area (Å²) in [6, 6.07) is 11.0. The highest BCUT2D eigenvalue weighted by Gasteiger charge is 2.43. The van der Waals surface area contributed by atoms with Crippen LogP contribution < -0.4 is 9.04 Å². The van der Waals surface area contributed by atoms with Crippen molar-refractivity contribution in [3.8, 4) is 11.8 Å². The highest BCUT2D eigenvalue weighted by Crippen LogP contribution is 2.48. The van der Waals surface area contributed by atoms with Gasteiger partial charge in [0.15, 0.2) is 0 Å². The fourth-order valence-corrected chi connectivity index (χ4v) is 6.33. The molecular formula is C22H20BrF3N2O3S. The van der Waals surface area contributed by atoms with Crippen molar-refractivity contribution in [3.63, 3.8) is 0 Å². The van der Waals surface area contributed by atoms with Crippen LogP contribution in [0.3, 0.4) is 0 Å². The van der Waals surface area contributed by atoms with Crippen LogP contribution in [0.25, 0.3) is 0 Å². The molecule has 1 aliphatic heterocycles. The fraction of sp³-hybridized carbons (Fsp3) is 0.409. The van der Waals surface area contributed by atoms with Crippen LogP contribution in [0, 0.1) is 22.7 Å². The molecule has 2 aliphatic rings. The van der Waals surface area contributed by atoms with E-state index >= 15 is 0 Å². The third-order valence-electron chi connectivity index (χ3n) is 5.95. The van der Waals surface area contributed by atoms with Crippen molar-refractivity contribution in [2.45, 2.75) is 43.4 Å². The molecule has 32 heavy (non-hydrogen) atoms. The Morgan fingerprint density at radius 2 is 1.97 bits per heavy atom. The predicted molar refractivity (Wildman–Crippen MR) is 116 cm³/mol. The average molecular weight is 529 g/mol. The molecule has 1 fully saturated rings. The molecule has 5 nitrogen and oxygen atoms in total. The third kappa shape index (κ3) is 4.33. The second-order valence-electron chi connectivity index (χ2n) is 8.60. The zero-order valence-corrected chi connectivity index (χ0v) is 19.5. The minimum Gasteiger partial charge on any atom is -0.486 e. The van der Waals surface area contributed by atoms with E-state index in [4.69, 9.17) is 4.74 Å². The number of hydrogen-bond acceptors (Lipinski definition) is 4. The lowest BCUT2D eigenvalue weighted by molar-refractivity contribution is -0.137. The average Bonchev–Trinajstić information content (AvgIpc) is 2.71. The van der Waals surface area contributed by atoms with Crippen molar-refractivity contribution >= 4 is 31.6 Å². The number of sulfonamides is 1. The Morgan fingerprint density at radius 1 is 1.25 bits per heavy atom. The summed E-state index contributed by atoms with van der Waals surface area (Å²) in [5, 5.41) is 9.23. The smallest absolute Gasteiger partial charge is 0.416 e. The van der Waals surface area contributed by atoms with E-state index in [9.17, 15) is 26.9 Å². The molecule has 1 atom stereocenters. The van der Waals surface area contributed by atoms with Gasteiger partial charge in [-0.2, -0.15) is 18.4 Å². The van der Waals surface area contributed by atoms with Crippen molar-refractivity contribution in [1.29, 1.82) is 5.26 Å². The summed E-state index contributed by atoms with van der Waals surface area (Å²) in [6.45, 7) is 1.87. The van der Waals surface area contributed by atoms with E-state index in [0.29, 0.717) is 35.6 Å². The standard InChI is InChI=1S/C22H20BrF3N2O3S/c1-21(13-27)10-14(11-21)7-17-12-28(19-9-16(23)5-6-20(19)31-17)32(29,30)18-4-2-3-15(8-18)22(24,25)26/h2-6,8-9,14,17H,7,10-12H2,1H3. The van der Waals surface area contributed by atoms with Crippen molar-refractivity contribution < 1.29 is 26.3 Å². The lowest BCUT2D eigenvalue weighted by atomic mass is 9.62. The van der Waals surface area contributed by atoms with E-state index in [2.05, 4.69) is 22.0 Å². The molecule has 1 saturated carbocycles. The number of nitrogens with zero attached hydrogens (tertiary/aromatic N) is 2. The van der Waals surface area contributed by atoms with Gasteiger partial charge in [0.05, 0.1) is 34.2 Å². The Bertz CT molecular complexity index is 1190. The molecule has 10 heteroatoms. The third-order valence-corrected chi connectivity index (χ3v) is 8.22. The highest BCUT2D eigenvalue weighted by atomic mass is 79.9. The maximum atomic E-state index is 13.4. The van der Waals surface area contributed by atoms with Crippen molar-refractivity contribution in [1.82, 2.24) is 0 Å². The summed E-state index contributed by atoms with van der Waals surface area (Å²) < 4.78 is 74.2. The lowest BCUT2D eigenvalue weighted by Gasteiger charge is -2.43. The minimum absolute atomic E-state index is 0.0260. The summed E-state index contributed by atoms with van der Waals surface area (Å²) in [5.74, 6) is 0.571. The van der Waals surface area contributed by atoms with Crippen LogP contribution in [0.5, 0.6) is 5.75 Å². The van der Waals surface area contributed by atoms with Gasteiger partial charge in [-0.3, -0.25) is 4.31 Å². The molecule has 2 aromatic rings. The number of hydrogen-bond donors (Lipinski definition) is 0. The van der Waals surface area contributed by atoms with Gasteiger partial charge in [0.25, 0.3) is 10.0 Å². The summed E-state index contributed by atoms with van der Waals surface area (Å²) in [6.07, 6.45) is -3.16. The molecule has 0 amide bonds. The van der Waals surface area contributed by atoms with Gasteiger partial charge >= 0.3 is 6.18 Å². The van der Waals surface area contributed by atoms with Gasteiger partial charge in [-0.25, -0.2) is 8.42 Å². The van der Waals surface area contributed by atoms with Crippen molar-refractivity contribution in [2.75, 3.05) is 10.8 Å². The van der Waals surface area contributed by atoms with Crippen LogP contribution in [0.2, 0.25) is 0 Å². The zero-order chi connectivity index (χ0) is 23.3. The number of halogens is 4. The van der Waals surface area contributed by atoms with Gasteiger partial charge in [-0.05, 0) is 68.5 Å². The molecule has 0 bridgehead atoms. The molecule has 1 unspecified atom stereocenters.